The molecule has 1 aromatic heterocycles. The Kier molecular flexibility index (Phi) is 2.81. The van der Waals surface area contributed by atoms with Crippen molar-refractivity contribution >= 4 is 11.6 Å². The molecule has 2 aromatic rings. The molecular formula is C14H14FN3O. The number of anilines is 1. The van der Waals surface area contributed by atoms with Gasteiger partial charge in [0.25, 0.3) is 5.91 Å². The maximum Gasteiger partial charge on any atom is 0.276 e. The van der Waals surface area contributed by atoms with E-state index in [1.54, 1.807) is 25.1 Å². The molecule has 5 heteroatoms. The zero-order chi connectivity index (χ0) is 13.4. The molecule has 0 radical (unpaired) electrons. The second-order valence-electron chi connectivity index (χ2n) is 4.90. The molecule has 0 spiro atoms. The summed E-state index contributed by atoms with van der Waals surface area (Å²) >= 11 is 0. The van der Waals surface area contributed by atoms with Gasteiger partial charge in [-0.25, -0.2) is 4.39 Å². The molecule has 1 saturated carbocycles. The molecule has 19 heavy (non-hydrogen) atoms. The van der Waals surface area contributed by atoms with E-state index < -0.39 is 0 Å². The van der Waals surface area contributed by atoms with E-state index in [1.165, 1.54) is 6.07 Å². The first-order valence-electron chi connectivity index (χ1n) is 6.26. The normalized spacial score (nSPS) is 14.4. The lowest BCUT2D eigenvalue weighted by Crippen LogP contribution is -2.12. The van der Waals surface area contributed by atoms with E-state index >= 15 is 0 Å². The summed E-state index contributed by atoms with van der Waals surface area (Å²) in [4.78, 5) is 12.0. The molecule has 3 rings (SSSR count). The second-order valence-corrected chi connectivity index (χ2v) is 4.90. The number of carbonyl (C=O) groups is 1. The van der Waals surface area contributed by atoms with Gasteiger partial charge in [-0.3, -0.25) is 9.89 Å². The third-order valence-electron chi connectivity index (χ3n) is 3.28. The number of aryl methyl sites for hydroxylation is 1. The van der Waals surface area contributed by atoms with Gasteiger partial charge in [0.1, 0.15) is 5.82 Å². The zero-order valence-electron chi connectivity index (χ0n) is 10.5. The first-order valence-corrected chi connectivity index (χ1v) is 6.26. The standard InChI is InChI=1S/C14H14FN3O/c1-8-2-5-10(6-11(8)15)16-14(19)13-7-12(17-18-13)9-3-4-9/h2,5-7,9H,3-4H2,1H3,(H,16,19)(H,17,18). The van der Waals surface area contributed by atoms with Crippen molar-refractivity contribution in [2.75, 3.05) is 5.32 Å². The number of hydrogen-bond donors (Lipinski definition) is 2. The molecule has 1 heterocycles. The number of nitrogens with one attached hydrogen (secondary N) is 2. The molecule has 98 valence electrons. The number of H-pyrrole nitrogens is 1. The molecule has 1 amide bonds. The average Bonchev–Trinajstić information content (AvgIpc) is 3.11. The zero-order valence-corrected chi connectivity index (χ0v) is 10.5. The van der Waals surface area contributed by atoms with E-state index in [0.717, 1.165) is 18.5 Å². The number of nitrogens with zero attached hydrogens (tertiary/aromatic N) is 1. The van der Waals surface area contributed by atoms with Crippen LogP contribution >= 0.6 is 0 Å². The van der Waals surface area contributed by atoms with Crippen LogP contribution in [-0.2, 0) is 0 Å². The number of halogens is 1. The smallest absolute Gasteiger partial charge is 0.276 e. The largest absolute Gasteiger partial charge is 0.320 e. The van der Waals surface area contributed by atoms with E-state index in [0.29, 0.717) is 22.9 Å². The van der Waals surface area contributed by atoms with Crippen LogP contribution in [0.2, 0.25) is 0 Å². The maximum absolute atomic E-state index is 13.4. The predicted octanol–water partition coefficient (Wildman–Crippen LogP) is 2.99. The lowest BCUT2D eigenvalue weighted by Gasteiger charge is -2.04. The van der Waals surface area contributed by atoms with Gasteiger partial charge in [0.15, 0.2) is 5.69 Å². The summed E-state index contributed by atoms with van der Waals surface area (Å²) in [6.45, 7) is 1.68. The van der Waals surface area contributed by atoms with Crippen molar-refractivity contribution in [1.29, 1.82) is 0 Å². The van der Waals surface area contributed by atoms with E-state index in [2.05, 4.69) is 15.5 Å². The molecule has 4 nitrogen and oxygen atoms in total. The van der Waals surface area contributed by atoms with Crippen molar-refractivity contribution in [1.82, 2.24) is 10.2 Å². The van der Waals surface area contributed by atoms with E-state index in [4.69, 9.17) is 0 Å². The van der Waals surface area contributed by atoms with Crippen LogP contribution in [-0.4, -0.2) is 16.1 Å². The van der Waals surface area contributed by atoms with Crippen LogP contribution in [0, 0.1) is 12.7 Å². The van der Waals surface area contributed by atoms with Crippen molar-refractivity contribution in [3.63, 3.8) is 0 Å². The van der Waals surface area contributed by atoms with Crippen molar-refractivity contribution in [2.45, 2.75) is 25.7 Å². The van der Waals surface area contributed by atoms with Gasteiger partial charge in [-0.1, -0.05) is 6.07 Å². The van der Waals surface area contributed by atoms with Gasteiger partial charge < -0.3 is 5.32 Å². The second kappa shape index (κ2) is 4.50. The Morgan fingerprint density at radius 3 is 2.89 bits per heavy atom. The Bertz CT molecular complexity index is 631. The molecule has 1 aromatic carbocycles. The summed E-state index contributed by atoms with van der Waals surface area (Å²) in [5.74, 6) is -0.143. The highest BCUT2D eigenvalue weighted by Crippen LogP contribution is 2.39. The van der Waals surface area contributed by atoms with Crippen LogP contribution in [0.1, 0.15) is 40.5 Å². The van der Waals surface area contributed by atoms with Gasteiger partial charge in [-0.2, -0.15) is 5.10 Å². The monoisotopic (exact) mass is 259 g/mol. The summed E-state index contributed by atoms with van der Waals surface area (Å²) in [6.07, 6.45) is 2.29. The van der Waals surface area contributed by atoms with Crippen LogP contribution in [0.5, 0.6) is 0 Å². The van der Waals surface area contributed by atoms with E-state index in [1.807, 2.05) is 0 Å². The Morgan fingerprint density at radius 1 is 1.42 bits per heavy atom. The first-order chi connectivity index (χ1) is 9.13. The number of benzene rings is 1. The van der Waals surface area contributed by atoms with E-state index in [-0.39, 0.29) is 11.7 Å². The number of amides is 1. The van der Waals surface area contributed by atoms with E-state index in [9.17, 15) is 9.18 Å². The summed E-state index contributed by atoms with van der Waals surface area (Å²) in [5.41, 5.74) is 2.32. The highest BCUT2D eigenvalue weighted by atomic mass is 19.1. The fourth-order valence-electron chi connectivity index (χ4n) is 1.92. The van der Waals surface area contributed by atoms with Gasteiger partial charge in [0, 0.05) is 17.3 Å². The van der Waals surface area contributed by atoms with Gasteiger partial charge >= 0.3 is 0 Å². The lowest BCUT2D eigenvalue weighted by molar-refractivity contribution is 0.102. The molecule has 0 atom stereocenters. The Labute approximate surface area is 110 Å². The third-order valence-corrected chi connectivity index (χ3v) is 3.28. The van der Waals surface area contributed by atoms with Crippen molar-refractivity contribution in [3.8, 4) is 0 Å². The average molecular weight is 259 g/mol. The fourth-order valence-corrected chi connectivity index (χ4v) is 1.92. The molecule has 1 fully saturated rings. The van der Waals surface area contributed by atoms with Gasteiger partial charge in [0.05, 0.1) is 0 Å². The minimum atomic E-state index is -0.335. The molecule has 0 saturated heterocycles. The van der Waals surface area contributed by atoms with Crippen molar-refractivity contribution < 1.29 is 9.18 Å². The highest BCUT2D eigenvalue weighted by Gasteiger charge is 2.26. The predicted molar refractivity (Wildman–Crippen MR) is 69.7 cm³/mol. The van der Waals surface area contributed by atoms with Crippen molar-refractivity contribution in [3.05, 3.63) is 47.0 Å². The Balaban J connectivity index is 1.74. The topological polar surface area (TPSA) is 57.8 Å². The fraction of sp³-hybridized carbons (Fsp3) is 0.286. The highest BCUT2D eigenvalue weighted by molar-refractivity contribution is 6.02. The number of rotatable bonds is 3. The van der Waals surface area contributed by atoms with Crippen LogP contribution in [0.4, 0.5) is 10.1 Å². The Hall–Kier alpha value is -2.17. The number of carbonyl (C=O) groups excluding carboxylic acids is 1. The minimum absolute atomic E-state index is 0.327. The molecule has 0 aliphatic heterocycles. The summed E-state index contributed by atoms with van der Waals surface area (Å²) in [6, 6.07) is 6.37. The molecule has 2 N–H and O–H groups in total. The lowest BCUT2D eigenvalue weighted by atomic mass is 10.2. The summed E-state index contributed by atoms with van der Waals surface area (Å²) < 4.78 is 13.4. The number of aromatic amines is 1. The summed E-state index contributed by atoms with van der Waals surface area (Å²) in [5, 5.41) is 9.49. The van der Waals surface area contributed by atoms with Gasteiger partial charge in [-0.15, -0.1) is 0 Å². The summed E-state index contributed by atoms with van der Waals surface area (Å²) in [7, 11) is 0. The molecule has 0 unspecified atom stereocenters. The quantitative estimate of drug-likeness (QED) is 0.890. The Morgan fingerprint density at radius 2 is 2.21 bits per heavy atom. The minimum Gasteiger partial charge on any atom is -0.320 e. The number of hydrogen-bond acceptors (Lipinski definition) is 2. The maximum atomic E-state index is 13.4. The molecule has 1 aliphatic rings. The van der Waals surface area contributed by atoms with Gasteiger partial charge in [-0.05, 0) is 43.5 Å². The van der Waals surface area contributed by atoms with Crippen LogP contribution < -0.4 is 5.32 Å². The molecule has 1 aliphatic carbocycles. The SMILES string of the molecule is Cc1ccc(NC(=O)c2cc(C3CC3)[nH]n2)cc1F. The molecular weight excluding hydrogens is 245 g/mol. The van der Waals surface area contributed by atoms with Crippen LogP contribution in [0.3, 0.4) is 0 Å². The van der Waals surface area contributed by atoms with Crippen molar-refractivity contribution in [2.24, 2.45) is 0 Å². The van der Waals surface area contributed by atoms with Crippen LogP contribution in [0.25, 0.3) is 0 Å². The third kappa shape index (κ3) is 2.50. The molecule has 0 bridgehead atoms. The number of aromatic nitrogens is 2. The van der Waals surface area contributed by atoms with Crippen LogP contribution in [0.15, 0.2) is 24.3 Å². The first kappa shape index (κ1) is 11.9. The van der Waals surface area contributed by atoms with Gasteiger partial charge in [0.2, 0.25) is 0 Å².